The number of carbonyl (C=O) groups excluding carboxylic acids is 1. The van der Waals surface area contributed by atoms with Crippen molar-refractivity contribution < 1.29 is 14.1 Å². The number of urea groups is 1. The van der Waals surface area contributed by atoms with E-state index in [2.05, 4.69) is 15.8 Å². The predicted molar refractivity (Wildman–Crippen MR) is 81.9 cm³/mol. The van der Waals surface area contributed by atoms with E-state index in [1.807, 2.05) is 24.3 Å². The summed E-state index contributed by atoms with van der Waals surface area (Å²) in [6.07, 6.45) is 2.25. The molecule has 6 heteroatoms. The molecule has 1 heterocycles. The lowest BCUT2D eigenvalue weighted by Crippen LogP contribution is -2.33. The minimum absolute atomic E-state index is 0.00101. The first-order valence-electron chi connectivity index (χ1n) is 7.30. The van der Waals surface area contributed by atoms with E-state index in [-0.39, 0.29) is 12.1 Å². The van der Waals surface area contributed by atoms with Crippen molar-refractivity contribution in [3.8, 4) is 5.75 Å². The molecule has 0 spiro atoms. The molecule has 2 aromatic rings. The topological polar surface area (TPSA) is 76.4 Å². The van der Waals surface area contributed by atoms with E-state index in [1.54, 1.807) is 20.1 Å². The summed E-state index contributed by atoms with van der Waals surface area (Å²) >= 11 is 0. The second-order valence-corrected chi connectivity index (χ2v) is 5.51. The summed E-state index contributed by atoms with van der Waals surface area (Å²) in [5, 5.41) is 9.46. The Kier molecular flexibility index (Phi) is 4.00. The van der Waals surface area contributed by atoms with Crippen molar-refractivity contribution in [2.45, 2.75) is 25.8 Å². The molecule has 0 saturated heterocycles. The van der Waals surface area contributed by atoms with Crippen LogP contribution in [0, 0.1) is 12.8 Å². The largest absolute Gasteiger partial charge is 0.497 e. The summed E-state index contributed by atoms with van der Waals surface area (Å²) in [5.41, 5.74) is 1.08. The molecule has 1 atom stereocenters. The van der Waals surface area contributed by atoms with Crippen LogP contribution in [0.3, 0.4) is 0 Å². The van der Waals surface area contributed by atoms with Crippen LogP contribution < -0.4 is 15.4 Å². The zero-order valence-electron chi connectivity index (χ0n) is 12.6. The first kappa shape index (κ1) is 14.4. The van der Waals surface area contributed by atoms with Crippen molar-refractivity contribution in [2.75, 3.05) is 12.4 Å². The highest BCUT2D eigenvalue weighted by molar-refractivity contribution is 5.88. The first-order chi connectivity index (χ1) is 10.7. The number of hydrogen-bond donors (Lipinski definition) is 2. The van der Waals surface area contributed by atoms with E-state index in [9.17, 15) is 4.79 Å². The number of anilines is 1. The molecule has 1 aromatic heterocycles. The Morgan fingerprint density at radius 2 is 2.09 bits per heavy atom. The van der Waals surface area contributed by atoms with E-state index < -0.39 is 0 Å². The van der Waals surface area contributed by atoms with Gasteiger partial charge in [0.1, 0.15) is 11.5 Å². The predicted octanol–water partition coefficient (Wildman–Crippen LogP) is 3.26. The monoisotopic (exact) mass is 301 g/mol. The molecule has 1 fully saturated rings. The normalized spacial score (nSPS) is 15.2. The van der Waals surface area contributed by atoms with Gasteiger partial charge in [0.25, 0.3) is 0 Å². The zero-order valence-corrected chi connectivity index (χ0v) is 12.6. The van der Waals surface area contributed by atoms with E-state index in [0.29, 0.717) is 17.5 Å². The Hall–Kier alpha value is -2.50. The highest BCUT2D eigenvalue weighted by Crippen LogP contribution is 2.41. The molecule has 1 aromatic carbocycles. The molecule has 22 heavy (non-hydrogen) atoms. The fourth-order valence-corrected chi connectivity index (χ4v) is 2.43. The van der Waals surface area contributed by atoms with E-state index in [4.69, 9.17) is 9.26 Å². The molecule has 116 valence electrons. The molecular weight excluding hydrogens is 282 g/mol. The summed E-state index contributed by atoms with van der Waals surface area (Å²) < 4.78 is 10.1. The SMILES string of the molecule is COc1ccc([C@H](NC(=O)Nc2cc(C)on2)C2CC2)cc1. The second kappa shape index (κ2) is 6.09. The smallest absolute Gasteiger partial charge is 0.320 e. The number of nitrogens with zero attached hydrogens (tertiary/aromatic N) is 1. The molecule has 1 aliphatic carbocycles. The quantitative estimate of drug-likeness (QED) is 0.888. The van der Waals surface area contributed by atoms with Gasteiger partial charge in [0.15, 0.2) is 5.82 Å². The summed E-state index contributed by atoms with van der Waals surface area (Å²) in [5.74, 6) is 2.36. The maximum Gasteiger partial charge on any atom is 0.320 e. The van der Waals surface area contributed by atoms with Gasteiger partial charge >= 0.3 is 6.03 Å². The van der Waals surface area contributed by atoms with Crippen LogP contribution in [0.4, 0.5) is 10.6 Å². The number of aromatic nitrogens is 1. The number of benzene rings is 1. The number of methoxy groups -OCH3 is 1. The molecule has 0 bridgehead atoms. The van der Waals surface area contributed by atoms with Crippen LogP contribution in [0.2, 0.25) is 0 Å². The lowest BCUT2D eigenvalue weighted by Gasteiger charge is -2.19. The number of nitrogens with one attached hydrogen (secondary N) is 2. The summed E-state index contributed by atoms with van der Waals surface area (Å²) in [7, 11) is 1.64. The Balaban J connectivity index is 1.67. The van der Waals surface area contributed by atoms with E-state index >= 15 is 0 Å². The molecular formula is C16H19N3O3. The van der Waals surface area contributed by atoms with Gasteiger partial charge in [-0.3, -0.25) is 5.32 Å². The molecule has 3 rings (SSSR count). The van der Waals surface area contributed by atoms with Crippen LogP contribution in [0.15, 0.2) is 34.9 Å². The molecule has 2 N–H and O–H groups in total. The fourth-order valence-electron chi connectivity index (χ4n) is 2.43. The van der Waals surface area contributed by atoms with Gasteiger partial charge < -0.3 is 14.6 Å². The third kappa shape index (κ3) is 3.39. The Morgan fingerprint density at radius 3 is 2.64 bits per heavy atom. The maximum absolute atomic E-state index is 12.1. The lowest BCUT2D eigenvalue weighted by molar-refractivity contribution is 0.247. The number of carbonyl (C=O) groups is 1. The molecule has 1 aliphatic rings. The van der Waals surface area contributed by atoms with Crippen molar-refractivity contribution in [1.82, 2.24) is 10.5 Å². The standard InChI is InChI=1S/C16H19N3O3/c1-10-9-14(19-22-10)17-16(20)18-15(11-3-4-11)12-5-7-13(21-2)8-6-12/h5-9,11,15H,3-4H2,1-2H3,(H2,17,18,19,20)/t15-/m1/s1. The number of aryl methyl sites for hydroxylation is 1. The average Bonchev–Trinajstić information content (AvgIpc) is 3.28. The van der Waals surface area contributed by atoms with Crippen LogP contribution in [-0.4, -0.2) is 18.3 Å². The minimum atomic E-state index is -0.277. The molecule has 2 amide bonds. The first-order valence-corrected chi connectivity index (χ1v) is 7.30. The zero-order chi connectivity index (χ0) is 15.5. The highest BCUT2D eigenvalue weighted by Gasteiger charge is 2.33. The Labute approximate surface area is 128 Å². The van der Waals surface area contributed by atoms with Crippen LogP contribution in [-0.2, 0) is 0 Å². The van der Waals surface area contributed by atoms with Crippen LogP contribution >= 0.6 is 0 Å². The highest BCUT2D eigenvalue weighted by atomic mass is 16.5. The van der Waals surface area contributed by atoms with Gasteiger partial charge in [0.05, 0.1) is 13.2 Å². The minimum Gasteiger partial charge on any atom is -0.497 e. The molecule has 0 aliphatic heterocycles. The van der Waals surface area contributed by atoms with E-state index in [1.165, 1.54) is 0 Å². The fraction of sp³-hybridized carbons (Fsp3) is 0.375. The van der Waals surface area contributed by atoms with Gasteiger partial charge in [-0.1, -0.05) is 17.3 Å². The molecule has 0 radical (unpaired) electrons. The average molecular weight is 301 g/mol. The Bertz CT molecular complexity index is 647. The van der Waals surface area contributed by atoms with Crippen LogP contribution in [0.1, 0.15) is 30.2 Å². The number of hydrogen-bond acceptors (Lipinski definition) is 4. The molecule has 1 saturated carbocycles. The van der Waals surface area contributed by atoms with Crippen LogP contribution in [0.5, 0.6) is 5.75 Å². The van der Waals surface area contributed by atoms with Crippen LogP contribution in [0.25, 0.3) is 0 Å². The third-order valence-electron chi connectivity index (χ3n) is 3.72. The summed E-state index contributed by atoms with van der Waals surface area (Å²) in [6, 6.07) is 9.19. The summed E-state index contributed by atoms with van der Waals surface area (Å²) in [6.45, 7) is 1.78. The summed E-state index contributed by atoms with van der Waals surface area (Å²) in [4.78, 5) is 12.1. The van der Waals surface area contributed by atoms with E-state index in [0.717, 1.165) is 24.2 Å². The number of amides is 2. The molecule has 0 unspecified atom stereocenters. The molecule has 6 nitrogen and oxygen atoms in total. The van der Waals surface area contributed by atoms with Crippen molar-refractivity contribution >= 4 is 11.8 Å². The number of rotatable bonds is 5. The van der Waals surface area contributed by atoms with Crippen molar-refractivity contribution in [3.05, 3.63) is 41.7 Å². The van der Waals surface area contributed by atoms with Gasteiger partial charge in [0.2, 0.25) is 0 Å². The van der Waals surface area contributed by atoms with Gasteiger partial charge in [-0.2, -0.15) is 0 Å². The van der Waals surface area contributed by atoms with Gasteiger partial charge in [0, 0.05) is 6.07 Å². The van der Waals surface area contributed by atoms with Crippen molar-refractivity contribution in [3.63, 3.8) is 0 Å². The lowest BCUT2D eigenvalue weighted by atomic mass is 10.0. The second-order valence-electron chi connectivity index (χ2n) is 5.51. The number of ether oxygens (including phenoxy) is 1. The van der Waals surface area contributed by atoms with Gasteiger partial charge in [-0.05, 0) is 43.4 Å². The van der Waals surface area contributed by atoms with Crippen molar-refractivity contribution in [2.24, 2.45) is 5.92 Å². The third-order valence-corrected chi connectivity index (χ3v) is 3.72. The maximum atomic E-state index is 12.1. The Morgan fingerprint density at radius 1 is 1.36 bits per heavy atom. The van der Waals surface area contributed by atoms with Crippen molar-refractivity contribution in [1.29, 1.82) is 0 Å². The van der Waals surface area contributed by atoms with Gasteiger partial charge in [-0.15, -0.1) is 0 Å². The van der Waals surface area contributed by atoms with Gasteiger partial charge in [-0.25, -0.2) is 4.79 Å².